The zero-order chi connectivity index (χ0) is 13.8. The monoisotopic (exact) mass is 388 g/mol. The van der Waals surface area contributed by atoms with E-state index in [0.717, 1.165) is 16.7 Å². The Balaban J connectivity index is 2.12. The molecule has 1 heterocycles. The van der Waals surface area contributed by atoms with Crippen LogP contribution in [0.4, 0.5) is 0 Å². The minimum atomic E-state index is 0.116. The summed E-state index contributed by atoms with van der Waals surface area (Å²) < 4.78 is 9.83. The number of aromatic nitrogens is 2. The van der Waals surface area contributed by atoms with Crippen LogP contribution >= 0.6 is 34.8 Å². The lowest BCUT2D eigenvalue weighted by atomic mass is 9.64. The number of hydrogen-bond donors (Lipinski definition) is 1. The highest BCUT2D eigenvalue weighted by Crippen LogP contribution is 2.51. The summed E-state index contributed by atoms with van der Waals surface area (Å²) in [6.45, 7) is 4.51. The summed E-state index contributed by atoms with van der Waals surface area (Å²) in [6.07, 6.45) is 1.34. The van der Waals surface area contributed by atoms with Crippen molar-refractivity contribution < 1.29 is 4.74 Å². The van der Waals surface area contributed by atoms with E-state index in [1.807, 2.05) is 0 Å². The first-order chi connectivity index (χ1) is 8.95. The maximum absolute atomic E-state index is 5.54. The third-order valence-electron chi connectivity index (χ3n) is 4.40. The number of hydrogen-bond acceptors (Lipinski definition) is 2. The smallest absolute Gasteiger partial charge is 0.178 e. The van der Waals surface area contributed by atoms with E-state index >= 15 is 0 Å². The Bertz CT molecular complexity index is 688. The number of aromatic amines is 1. The number of halogens is 1. The molecule has 2 atom stereocenters. The van der Waals surface area contributed by atoms with Crippen LogP contribution in [0.2, 0.25) is 0 Å². The van der Waals surface area contributed by atoms with Crippen LogP contribution in [0.25, 0.3) is 11.0 Å². The fourth-order valence-corrected chi connectivity index (χ4v) is 3.94. The average Bonchev–Trinajstić information content (AvgIpc) is 2.64. The molecule has 0 amide bonds. The van der Waals surface area contributed by atoms with Crippen molar-refractivity contribution in [1.29, 1.82) is 0 Å². The first kappa shape index (κ1) is 13.6. The van der Waals surface area contributed by atoms with Crippen molar-refractivity contribution in [1.82, 2.24) is 9.55 Å². The van der Waals surface area contributed by atoms with Crippen molar-refractivity contribution in [2.45, 2.75) is 32.4 Å². The van der Waals surface area contributed by atoms with Crippen molar-refractivity contribution >= 4 is 45.8 Å². The number of ether oxygens (including phenoxy) is 1. The molecule has 0 radical (unpaired) electrons. The lowest BCUT2D eigenvalue weighted by molar-refractivity contribution is -0.111. The van der Waals surface area contributed by atoms with Gasteiger partial charge in [0.2, 0.25) is 0 Å². The van der Waals surface area contributed by atoms with E-state index in [1.165, 1.54) is 9.09 Å². The highest BCUT2D eigenvalue weighted by Gasteiger charge is 2.50. The van der Waals surface area contributed by atoms with Gasteiger partial charge in [-0.1, -0.05) is 13.8 Å². The second-order valence-corrected chi connectivity index (χ2v) is 7.39. The molecule has 0 saturated heterocycles. The number of H-pyrrole nitrogens is 1. The van der Waals surface area contributed by atoms with Gasteiger partial charge in [0.15, 0.2) is 4.77 Å². The predicted molar refractivity (Wildman–Crippen MR) is 88.1 cm³/mol. The van der Waals surface area contributed by atoms with Crippen molar-refractivity contribution in [2.24, 2.45) is 5.41 Å². The van der Waals surface area contributed by atoms with Crippen LogP contribution in [-0.4, -0.2) is 22.8 Å². The number of methoxy groups -OCH3 is 1. The Morgan fingerprint density at radius 2 is 2.21 bits per heavy atom. The minimum Gasteiger partial charge on any atom is -0.381 e. The molecule has 19 heavy (non-hydrogen) atoms. The summed E-state index contributed by atoms with van der Waals surface area (Å²) >= 11 is 7.84. The second-order valence-electron chi connectivity index (χ2n) is 5.76. The van der Waals surface area contributed by atoms with Gasteiger partial charge >= 0.3 is 0 Å². The third kappa shape index (κ3) is 1.97. The zero-order valence-corrected chi connectivity index (χ0v) is 14.2. The van der Waals surface area contributed by atoms with Gasteiger partial charge in [-0.2, -0.15) is 0 Å². The molecule has 2 aromatic rings. The summed E-state index contributed by atoms with van der Waals surface area (Å²) in [7, 11) is 1.79. The van der Waals surface area contributed by atoms with Gasteiger partial charge in [0.25, 0.3) is 0 Å². The van der Waals surface area contributed by atoms with Crippen LogP contribution in [-0.2, 0) is 4.74 Å². The van der Waals surface area contributed by atoms with Gasteiger partial charge in [0.05, 0.1) is 17.1 Å². The predicted octanol–water partition coefficient (Wildman–Crippen LogP) is 4.29. The van der Waals surface area contributed by atoms with Crippen molar-refractivity contribution in [3.05, 3.63) is 26.5 Å². The summed E-state index contributed by atoms with van der Waals surface area (Å²) in [5.41, 5.74) is 2.43. The Morgan fingerprint density at radius 3 is 2.84 bits per heavy atom. The summed E-state index contributed by atoms with van der Waals surface area (Å²) in [5.74, 6) is 0. The molecule has 3 rings (SSSR count). The molecule has 1 aromatic heterocycles. The molecule has 2 unspecified atom stereocenters. The fourth-order valence-electron chi connectivity index (χ4n) is 3.12. The molecule has 0 aliphatic heterocycles. The van der Waals surface area contributed by atoms with Crippen LogP contribution in [0.3, 0.4) is 0 Å². The second kappa shape index (κ2) is 4.56. The Labute approximate surface area is 131 Å². The van der Waals surface area contributed by atoms with E-state index in [0.29, 0.717) is 12.1 Å². The zero-order valence-electron chi connectivity index (χ0n) is 11.2. The highest BCUT2D eigenvalue weighted by molar-refractivity contribution is 14.1. The molecular weight excluding hydrogens is 371 g/mol. The highest BCUT2D eigenvalue weighted by atomic mass is 127. The van der Waals surface area contributed by atoms with E-state index < -0.39 is 0 Å². The molecule has 0 bridgehead atoms. The molecule has 1 N–H and O–H groups in total. The van der Waals surface area contributed by atoms with Gasteiger partial charge in [-0.15, -0.1) is 0 Å². The quantitative estimate of drug-likeness (QED) is 0.615. The molecule has 1 aliphatic carbocycles. The Kier molecular flexibility index (Phi) is 3.26. The van der Waals surface area contributed by atoms with E-state index in [-0.39, 0.29) is 5.41 Å². The summed E-state index contributed by atoms with van der Waals surface area (Å²) in [4.78, 5) is 3.32. The molecule has 0 spiro atoms. The Hall–Kier alpha value is -0.400. The van der Waals surface area contributed by atoms with Crippen LogP contribution < -0.4 is 0 Å². The van der Waals surface area contributed by atoms with Crippen molar-refractivity contribution in [3.63, 3.8) is 0 Å². The van der Waals surface area contributed by atoms with Crippen LogP contribution in [0.15, 0.2) is 18.2 Å². The maximum Gasteiger partial charge on any atom is 0.178 e. The van der Waals surface area contributed by atoms with Gasteiger partial charge in [-0.05, 0) is 59.4 Å². The topological polar surface area (TPSA) is 29.9 Å². The number of benzene rings is 1. The number of imidazole rings is 1. The first-order valence-corrected chi connectivity index (χ1v) is 7.86. The number of nitrogens with one attached hydrogen (secondary N) is 1. The normalized spacial score (nSPS) is 25.5. The third-order valence-corrected chi connectivity index (χ3v) is 5.37. The van der Waals surface area contributed by atoms with Crippen LogP contribution in [0, 0.1) is 13.8 Å². The van der Waals surface area contributed by atoms with E-state index in [2.05, 4.69) is 64.2 Å². The summed E-state index contributed by atoms with van der Waals surface area (Å²) in [6, 6.07) is 6.82. The number of fused-ring (bicyclic) bond motifs is 1. The first-order valence-electron chi connectivity index (χ1n) is 6.37. The number of rotatable bonds is 2. The lowest BCUT2D eigenvalue weighted by Gasteiger charge is -2.51. The van der Waals surface area contributed by atoms with Gasteiger partial charge < -0.3 is 14.3 Å². The molecule has 3 nitrogen and oxygen atoms in total. The van der Waals surface area contributed by atoms with E-state index in [9.17, 15) is 0 Å². The van der Waals surface area contributed by atoms with Crippen molar-refractivity contribution in [2.75, 3.05) is 7.11 Å². The lowest BCUT2D eigenvalue weighted by Crippen LogP contribution is -2.51. The summed E-state index contributed by atoms with van der Waals surface area (Å²) in [5, 5.41) is 0. The molecule has 1 saturated carbocycles. The molecule has 5 heteroatoms. The SMILES string of the molecule is COC1CC(n2c(=S)[nH]c3cc(I)ccc32)C1(C)C. The van der Waals surface area contributed by atoms with E-state index in [1.54, 1.807) is 7.11 Å². The largest absolute Gasteiger partial charge is 0.381 e. The molecular formula is C14H17IN2OS. The van der Waals surface area contributed by atoms with Crippen LogP contribution in [0.5, 0.6) is 0 Å². The molecule has 1 aliphatic rings. The Morgan fingerprint density at radius 1 is 1.47 bits per heavy atom. The minimum absolute atomic E-state index is 0.116. The molecule has 1 fully saturated rings. The van der Waals surface area contributed by atoms with Gasteiger partial charge in [0, 0.05) is 22.1 Å². The average molecular weight is 388 g/mol. The van der Waals surface area contributed by atoms with Gasteiger partial charge in [0.1, 0.15) is 0 Å². The van der Waals surface area contributed by atoms with Crippen molar-refractivity contribution in [3.8, 4) is 0 Å². The van der Waals surface area contributed by atoms with Gasteiger partial charge in [-0.25, -0.2) is 0 Å². The van der Waals surface area contributed by atoms with E-state index in [4.69, 9.17) is 17.0 Å². The maximum atomic E-state index is 5.54. The fraction of sp³-hybridized carbons (Fsp3) is 0.500. The standard InChI is InChI=1S/C14H17IN2OS/c1-14(2)11(7-12(14)18-3)17-10-5-4-8(15)6-9(10)16-13(17)19/h4-6,11-12H,7H2,1-3H3,(H,16,19). The van der Waals surface area contributed by atoms with Gasteiger partial charge in [-0.3, -0.25) is 0 Å². The van der Waals surface area contributed by atoms with Crippen LogP contribution in [0.1, 0.15) is 26.3 Å². The molecule has 1 aromatic carbocycles. The molecule has 102 valence electrons. The number of nitrogens with zero attached hydrogens (tertiary/aromatic N) is 1.